The summed E-state index contributed by atoms with van der Waals surface area (Å²) < 4.78 is 7.81. The Balaban J connectivity index is 1.39. The molecule has 0 saturated carbocycles. The van der Waals surface area contributed by atoms with Crippen LogP contribution in [0, 0.1) is 0 Å². The maximum absolute atomic E-state index is 12.7. The van der Waals surface area contributed by atoms with Crippen LogP contribution in [0.3, 0.4) is 0 Å². The van der Waals surface area contributed by atoms with Gasteiger partial charge in [-0.15, -0.1) is 0 Å². The Labute approximate surface area is 145 Å². The van der Waals surface area contributed by atoms with Crippen LogP contribution in [0.5, 0.6) is 5.75 Å². The summed E-state index contributed by atoms with van der Waals surface area (Å²) in [5.41, 5.74) is 1.67. The third kappa shape index (κ3) is 3.38. The van der Waals surface area contributed by atoms with E-state index in [1.54, 1.807) is 18.6 Å². The van der Waals surface area contributed by atoms with Gasteiger partial charge in [0.1, 0.15) is 18.2 Å². The van der Waals surface area contributed by atoms with Gasteiger partial charge in [-0.2, -0.15) is 0 Å². The Hall–Kier alpha value is -3.15. The summed E-state index contributed by atoms with van der Waals surface area (Å²) in [5, 5.41) is 0. The molecule has 0 bridgehead atoms. The molecule has 2 aromatic heterocycles. The van der Waals surface area contributed by atoms with Crippen LogP contribution in [0.15, 0.2) is 61.2 Å². The highest BCUT2D eigenvalue weighted by molar-refractivity contribution is 5.94. The van der Waals surface area contributed by atoms with Crippen molar-refractivity contribution in [1.82, 2.24) is 19.4 Å². The number of amides is 1. The fraction of sp³-hybridized carbons (Fsp3) is 0.211. The van der Waals surface area contributed by atoms with Crippen molar-refractivity contribution in [3.63, 3.8) is 0 Å². The molecular formula is C19H18N4O2. The van der Waals surface area contributed by atoms with Crippen molar-refractivity contribution >= 4 is 5.91 Å². The van der Waals surface area contributed by atoms with Crippen molar-refractivity contribution in [1.29, 1.82) is 0 Å². The molecule has 1 aromatic carbocycles. The van der Waals surface area contributed by atoms with Crippen molar-refractivity contribution in [2.45, 2.75) is 19.7 Å². The van der Waals surface area contributed by atoms with Crippen molar-refractivity contribution in [2.75, 3.05) is 6.54 Å². The van der Waals surface area contributed by atoms with Crippen LogP contribution < -0.4 is 4.74 Å². The van der Waals surface area contributed by atoms with E-state index in [-0.39, 0.29) is 5.91 Å². The molecular weight excluding hydrogens is 316 g/mol. The average Bonchev–Trinajstić information content (AvgIpc) is 3.15. The number of benzene rings is 1. The van der Waals surface area contributed by atoms with Gasteiger partial charge < -0.3 is 14.2 Å². The lowest BCUT2D eigenvalue weighted by atomic mass is 10.1. The first-order valence-electron chi connectivity index (χ1n) is 8.21. The molecule has 0 radical (unpaired) electrons. The Morgan fingerprint density at radius 3 is 2.80 bits per heavy atom. The van der Waals surface area contributed by atoms with E-state index in [2.05, 4.69) is 14.5 Å². The molecule has 6 heteroatoms. The van der Waals surface area contributed by atoms with Gasteiger partial charge in [-0.1, -0.05) is 6.07 Å². The second kappa shape index (κ2) is 6.76. The Kier molecular flexibility index (Phi) is 4.16. The lowest BCUT2D eigenvalue weighted by molar-refractivity contribution is 0.0707. The van der Waals surface area contributed by atoms with Crippen LogP contribution in [0.4, 0.5) is 0 Å². The Morgan fingerprint density at radius 2 is 2.00 bits per heavy atom. The molecule has 0 saturated heterocycles. The Bertz CT molecular complexity index is 859. The minimum Gasteiger partial charge on any atom is -0.489 e. The van der Waals surface area contributed by atoms with Gasteiger partial charge in [0, 0.05) is 49.0 Å². The normalized spacial score (nSPS) is 13.4. The van der Waals surface area contributed by atoms with Gasteiger partial charge in [0.15, 0.2) is 0 Å². The van der Waals surface area contributed by atoms with Crippen molar-refractivity contribution < 1.29 is 9.53 Å². The number of rotatable bonds is 4. The molecule has 1 aliphatic heterocycles. The number of carbonyl (C=O) groups is 1. The number of hydrogen-bond acceptors (Lipinski definition) is 4. The number of carbonyl (C=O) groups excluding carboxylic acids is 1. The summed E-state index contributed by atoms with van der Waals surface area (Å²) in [6, 6.07) is 11.1. The Morgan fingerprint density at radius 1 is 1.12 bits per heavy atom. The quantitative estimate of drug-likeness (QED) is 0.735. The number of nitrogens with zero attached hydrogens (tertiary/aromatic N) is 4. The fourth-order valence-corrected chi connectivity index (χ4v) is 2.87. The second-order valence-corrected chi connectivity index (χ2v) is 5.94. The highest BCUT2D eigenvalue weighted by Crippen LogP contribution is 2.18. The summed E-state index contributed by atoms with van der Waals surface area (Å²) in [5.74, 6) is 1.68. The van der Waals surface area contributed by atoms with Gasteiger partial charge in [-0.25, -0.2) is 4.98 Å². The van der Waals surface area contributed by atoms with E-state index in [0.29, 0.717) is 25.3 Å². The molecule has 1 aliphatic rings. The van der Waals surface area contributed by atoms with Gasteiger partial charge in [-0.3, -0.25) is 9.78 Å². The molecule has 3 heterocycles. The van der Waals surface area contributed by atoms with Gasteiger partial charge in [0.25, 0.3) is 5.91 Å². The second-order valence-electron chi connectivity index (χ2n) is 5.94. The largest absolute Gasteiger partial charge is 0.489 e. The van der Waals surface area contributed by atoms with Crippen LogP contribution in [0.25, 0.3) is 0 Å². The molecule has 1 amide bonds. The SMILES string of the molecule is O=C(c1ccc(OCc2cccnc2)cc1)N1CCn2ccnc2C1. The first-order chi connectivity index (χ1) is 12.3. The summed E-state index contributed by atoms with van der Waals surface area (Å²) in [7, 11) is 0. The van der Waals surface area contributed by atoms with E-state index in [4.69, 9.17) is 4.74 Å². The summed E-state index contributed by atoms with van der Waals surface area (Å²) in [4.78, 5) is 22.8. The van der Waals surface area contributed by atoms with Crippen molar-refractivity contribution in [2.24, 2.45) is 0 Å². The number of hydrogen-bond donors (Lipinski definition) is 0. The van der Waals surface area contributed by atoms with Crippen LogP contribution >= 0.6 is 0 Å². The molecule has 0 aliphatic carbocycles. The third-order valence-electron chi connectivity index (χ3n) is 4.26. The average molecular weight is 334 g/mol. The summed E-state index contributed by atoms with van der Waals surface area (Å²) in [6.45, 7) is 2.48. The molecule has 0 spiro atoms. The zero-order valence-electron chi connectivity index (χ0n) is 13.7. The number of ether oxygens (including phenoxy) is 1. The van der Waals surface area contributed by atoms with E-state index in [1.165, 1.54) is 0 Å². The molecule has 0 fully saturated rings. The first-order valence-corrected chi connectivity index (χ1v) is 8.21. The van der Waals surface area contributed by atoms with Crippen LogP contribution in [0.2, 0.25) is 0 Å². The lowest BCUT2D eigenvalue weighted by Gasteiger charge is -2.27. The molecule has 0 N–H and O–H groups in total. The number of imidazole rings is 1. The van der Waals surface area contributed by atoms with Crippen molar-refractivity contribution in [3.05, 3.63) is 78.1 Å². The summed E-state index contributed by atoms with van der Waals surface area (Å²) >= 11 is 0. The molecule has 4 rings (SSSR count). The molecule has 126 valence electrons. The van der Waals surface area contributed by atoms with E-state index in [1.807, 2.05) is 47.5 Å². The minimum absolute atomic E-state index is 0.0214. The highest BCUT2D eigenvalue weighted by Gasteiger charge is 2.22. The maximum atomic E-state index is 12.7. The maximum Gasteiger partial charge on any atom is 0.254 e. The highest BCUT2D eigenvalue weighted by atomic mass is 16.5. The minimum atomic E-state index is 0.0214. The predicted molar refractivity (Wildman–Crippen MR) is 92.0 cm³/mol. The molecule has 3 aromatic rings. The lowest BCUT2D eigenvalue weighted by Crippen LogP contribution is -2.38. The third-order valence-corrected chi connectivity index (χ3v) is 4.26. The van der Waals surface area contributed by atoms with Gasteiger partial charge in [0.05, 0.1) is 6.54 Å². The van der Waals surface area contributed by atoms with Gasteiger partial charge in [-0.05, 0) is 30.3 Å². The van der Waals surface area contributed by atoms with Gasteiger partial charge >= 0.3 is 0 Å². The number of pyridine rings is 1. The van der Waals surface area contributed by atoms with E-state index >= 15 is 0 Å². The number of aromatic nitrogens is 3. The molecule has 0 atom stereocenters. The molecule has 6 nitrogen and oxygen atoms in total. The van der Waals surface area contributed by atoms with E-state index in [0.717, 1.165) is 23.7 Å². The van der Waals surface area contributed by atoms with Crippen molar-refractivity contribution in [3.8, 4) is 5.75 Å². The predicted octanol–water partition coefficient (Wildman–Crippen LogP) is 2.51. The molecule has 25 heavy (non-hydrogen) atoms. The monoisotopic (exact) mass is 334 g/mol. The molecule has 0 unspecified atom stereocenters. The van der Waals surface area contributed by atoms with Crippen LogP contribution in [-0.2, 0) is 19.7 Å². The topological polar surface area (TPSA) is 60.2 Å². The van der Waals surface area contributed by atoms with Crippen LogP contribution in [0.1, 0.15) is 21.7 Å². The zero-order chi connectivity index (χ0) is 17.1. The standard InChI is InChI=1S/C19H18N4O2/c24-19(23-11-10-22-9-8-21-18(22)13-23)16-3-5-17(6-4-16)25-14-15-2-1-7-20-12-15/h1-9,12H,10-11,13-14H2. The smallest absolute Gasteiger partial charge is 0.254 e. The first kappa shape index (κ1) is 15.4. The number of fused-ring (bicyclic) bond motifs is 1. The summed E-state index contributed by atoms with van der Waals surface area (Å²) in [6.07, 6.45) is 7.23. The van der Waals surface area contributed by atoms with E-state index in [9.17, 15) is 4.79 Å². The van der Waals surface area contributed by atoms with Crippen LogP contribution in [-0.4, -0.2) is 31.9 Å². The van der Waals surface area contributed by atoms with Gasteiger partial charge in [0.2, 0.25) is 0 Å². The zero-order valence-corrected chi connectivity index (χ0v) is 13.7. The fourth-order valence-electron chi connectivity index (χ4n) is 2.87. The van der Waals surface area contributed by atoms with E-state index < -0.39 is 0 Å².